The van der Waals surface area contributed by atoms with Gasteiger partial charge in [-0.2, -0.15) is 0 Å². The molecule has 1 aromatic heterocycles. The van der Waals surface area contributed by atoms with Crippen LogP contribution in [0.25, 0.3) is 11.5 Å². The number of halogens is 1. The van der Waals surface area contributed by atoms with Crippen molar-refractivity contribution in [1.82, 2.24) is 15.2 Å². The molecule has 5 heteroatoms. The summed E-state index contributed by atoms with van der Waals surface area (Å²) >= 11 is 5.91. The van der Waals surface area contributed by atoms with E-state index in [0.717, 1.165) is 47.8 Å². The van der Waals surface area contributed by atoms with E-state index >= 15 is 0 Å². The summed E-state index contributed by atoms with van der Waals surface area (Å²) in [5.74, 6) is 2.35. The largest absolute Gasteiger partial charge is 0.444 e. The second kappa shape index (κ2) is 6.03. The zero-order chi connectivity index (χ0) is 14.9. The van der Waals surface area contributed by atoms with Gasteiger partial charge in [0.25, 0.3) is 0 Å². The molecule has 116 valence electrons. The highest BCUT2D eigenvalue weighted by Gasteiger charge is 2.32. The van der Waals surface area contributed by atoms with Crippen LogP contribution in [-0.2, 0) is 6.54 Å². The number of piperidine rings is 1. The maximum Gasteiger partial charge on any atom is 0.226 e. The van der Waals surface area contributed by atoms with Gasteiger partial charge in [-0.1, -0.05) is 11.6 Å². The Morgan fingerprint density at radius 1 is 1.23 bits per heavy atom. The zero-order valence-electron chi connectivity index (χ0n) is 12.5. The van der Waals surface area contributed by atoms with Gasteiger partial charge < -0.3 is 9.73 Å². The van der Waals surface area contributed by atoms with E-state index < -0.39 is 0 Å². The first-order chi connectivity index (χ1) is 10.8. The van der Waals surface area contributed by atoms with Crippen LogP contribution in [0.4, 0.5) is 0 Å². The predicted molar refractivity (Wildman–Crippen MR) is 86.7 cm³/mol. The van der Waals surface area contributed by atoms with Crippen LogP contribution in [-0.4, -0.2) is 36.1 Å². The number of aromatic nitrogens is 1. The van der Waals surface area contributed by atoms with Crippen LogP contribution < -0.4 is 5.32 Å². The van der Waals surface area contributed by atoms with Crippen molar-refractivity contribution in [1.29, 1.82) is 0 Å². The third-order valence-corrected chi connectivity index (χ3v) is 5.07. The Morgan fingerprint density at radius 2 is 2.05 bits per heavy atom. The molecule has 4 rings (SSSR count). The van der Waals surface area contributed by atoms with Crippen LogP contribution in [0.2, 0.25) is 5.02 Å². The van der Waals surface area contributed by atoms with E-state index in [4.69, 9.17) is 16.0 Å². The van der Waals surface area contributed by atoms with Crippen LogP contribution in [0.3, 0.4) is 0 Å². The summed E-state index contributed by atoms with van der Waals surface area (Å²) in [6, 6.07) is 7.60. The third-order valence-electron chi connectivity index (χ3n) is 4.82. The van der Waals surface area contributed by atoms with E-state index in [1.807, 2.05) is 24.3 Å². The summed E-state index contributed by atoms with van der Waals surface area (Å²) in [6.07, 6.45) is 3.07. The lowest BCUT2D eigenvalue weighted by molar-refractivity contribution is 0.141. The Kier molecular flexibility index (Phi) is 3.90. The maximum atomic E-state index is 5.91. The number of hydrogen-bond acceptors (Lipinski definition) is 4. The summed E-state index contributed by atoms with van der Waals surface area (Å²) in [4.78, 5) is 7.12. The van der Waals surface area contributed by atoms with Crippen molar-refractivity contribution >= 4 is 11.6 Å². The number of nitrogens with zero attached hydrogens (tertiary/aromatic N) is 2. The van der Waals surface area contributed by atoms with Gasteiger partial charge in [-0.25, -0.2) is 4.98 Å². The van der Waals surface area contributed by atoms with E-state index in [1.165, 1.54) is 19.5 Å². The Hall–Kier alpha value is -1.36. The van der Waals surface area contributed by atoms with Gasteiger partial charge in [0.2, 0.25) is 5.89 Å². The standard InChI is InChI=1S/C17H20ClN3O/c18-15-3-1-12(2-4-15)17-20-16(11-22-17)10-21-6-5-13-7-19-8-14(13)9-21/h1-4,11,13-14,19H,5-10H2. The zero-order valence-corrected chi connectivity index (χ0v) is 13.2. The first-order valence-corrected chi connectivity index (χ1v) is 8.29. The highest BCUT2D eigenvalue weighted by atomic mass is 35.5. The molecule has 4 nitrogen and oxygen atoms in total. The molecule has 2 aromatic rings. The number of likely N-dealkylation sites (tertiary alicyclic amines) is 1. The van der Waals surface area contributed by atoms with Gasteiger partial charge in [-0.3, -0.25) is 4.90 Å². The second-order valence-corrected chi connectivity index (χ2v) is 6.79. The number of hydrogen-bond donors (Lipinski definition) is 1. The second-order valence-electron chi connectivity index (χ2n) is 6.35. The molecule has 22 heavy (non-hydrogen) atoms. The lowest BCUT2D eigenvalue weighted by Gasteiger charge is -2.33. The SMILES string of the molecule is Clc1ccc(-c2nc(CN3CCC4CNCC4C3)co2)cc1. The fourth-order valence-corrected chi connectivity index (χ4v) is 3.71. The summed E-state index contributed by atoms with van der Waals surface area (Å²) in [5, 5.41) is 4.23. The fraction of sp³-hybridized carbons (Fsp3) is 0.471. The Bertz CT molecular complexity index is 640. The summed E-state index contributed by atoms with van der Waals surface area (Å²) in [5.41, 5.74) is 1.98. The van der Waals surface area contributed by atoms with Gasteiger partial charge in [-0.15, -0.1) is 0 Å². The Labute approximate surface area is 135 Å². The molecule has 0 spiro atoms. The summed E-state index contributed by atoms with van der Waals surface area (Å²) in [7, 11) is 0. The molecule has 0 aliphatic carbocycles. The number of rotatable bonds is 3. The van der Waals surface area contributed by atoms with Crippen molar-refractivity contribution in [2.75, 3.05) is 26.2 Å². The van der Waals surface area contributed by atoms with E-state index in [2.05, 4.69) is 15.2 Å². The van der Waals surface area contributed by atoms with Crippen LogP contribution in [0.5, 0.6) is 0 Å². The van der Waals surface area contributed by atoms with Crippen LogP contribution in [0.1, 0.15) is 12.1 Å². The number of fused-ring (bicyclic) bond motifs is 1. The maximum absolute atomic E-state index is 5.91. The van der Waals surface area contributed by atoms with Gasteiger partial charge in [-0.05, 0) is 62.2 Å². The minimum Gasteiger partial charge on any atom is -0.444 e. The molecule has 0 radical (unpaired) electrons. The van der Waals surface area contributed by atoms with Crippen LogP contribution >= 0.6 is 11.6 Å². The van der Waals surface area contributed by atoms with E-state index in [1.54, 1.807) is 6.26 Å². The molecule has 1 aromatic carbocycles. The lowest BCUT2D eigenvalue weighted by Crippen LogP contribution is -2.39. The van der Waals surface area contributed by atoms with Gasteiger partial charge in [0.15, 0.2) is 0 Å². The minimum absolute atomic E-state index is 0.670. The van der Waals surface area contributed by atoms with Crippen molar-refractivity contribution in [3.63, 3.8) is 0 Å². The van der Waals surface area contributed by atoms with Gasteiger partial charge in [0.1, 0.15) is 6.26 Å². The average molecular weight is 318 g/mol. The van der Waals surface area contributed by atoms with Gasteiger partial charge in [0.05, 0.1) is 5.69 Å². The Morgan fingerprint density at radius 3 is 2.91 bits per heavy atom. The van der Waals surface area contributed by atoms with Crippen molar-refractivity contribution in [3.8, 4) is 11.5 Å². The molecular formula is C17H20ClN3O. The number of oxazole rings is 1. The minimum atomic E-state index is 0.670. The van der Waals surface area contributed by atoms with Crippen molar-refractivity contribution < 1.29 is 4.42 Å². The normalized spacial score (nSPS) is 25.3. The number of benzene rings is 1. The molecule has 2 aliphatic heterocycles. The van der Waals surface area contributed by atoms with Crippen molar-refractivity contribution in [3.05, 3.63) is 41.2 Å². The molecule has 3 heterocycles. The molecular weight excluding hydrogens is 298 g/mol. The fourth-order valence-electron chi connectivity index (χ4n) is 3.59. The third kappa shape index (κ3) is 2.91. The molecule has 2 unspecified atom stereocenters. The molecule has 1 N–H and O–H groups in total. The number of nitrogens with one attached hydrogen (secondary N) is 1. The molecule has 0 saturated carbocycles. The summed E-state index contributed by atoms with van der Waals surface area (Å²) in [6.45, 7) is 5.56. The molecule has 2 atom stereocenters. The Balaban J connectivity index is 1.42. The van der Waals surface area contributed by atoms with E-state index in [9.17, 15) is 0 Å². The van der Waals surface area contributed by atoms with Crippen LogP contribution in [0.15, 0.2) is 34.9 Å². The topological polar surface area (TPSA) is 41.3 Å². The van der Waals surface area contributed by atoms with E-state index in [0.29, 0.717) is 5.89 Å². The predicted octanol–water partition coefficient (Wildman–Crippen LogP) is 3.04. The molecule has 0 amide bonds. The average Bonchev–Trinajstić information content (AvgIpc) is 3.17. The van der Waals surface area contributed by atoms with E-state index in [-0.39, 0.29) is 0 Å². The molecule has 2 aliphatic rings. The molecule has 2 saturated heterocycles. The highest BCUT2D eigenvalue weighted by Crippen LogP contribution is 2.28. The molecule has 0 bridgehead atoms. The van der Waals surface area contributed by atoms with Gasteiger partial charge >= 0.3 is 0 Å². The van der Waals surface area contributed by atoms with Crippen molar-refractivity contribution in [2.45, 2.75) is 13.0 Å². The summed E-state index contributed by atoms with van der Waals surface area (Å²) < 4.78 is 5.63. The lowest BCUT2D eigenvalue weighted by atomic mass is 9.89. The monoisotopic (exact) mass is 317 g/mol. The van der Waals surface area contributed by atoms with Gasteiger partial charge in [0, 0.05) is 23.7 Å². The van der Waals surface area contributed by atoms with Crippen LogP contribution in [0, 0.1) is 11.8 Å². The quantitative estimate of drug-likeness (QED) is 0.944. The first kappa shape index (κ1) is 14.2. The van der Waals surface area contributed by atoms with Crippen molar-refractivity contribution in [2.24, 2.45) is 11.8 Å². The highest BCUT2D eigenvalue weighted by molar-refractivity contribution is 6.30. The smallest absolute Gasteiger partial charge is 0.226 e. The molecule has 2 fully saturated rings. The first-order valence-electron chi connectivity index (χ1n) is 7.91.